The highest BCUT2D eigenvalue weighted by Gasteiger charge is 2.30. The van der Waals surface area contributed by atoms with Crippen molar-refractivity contribution in [3.8, 4) is 5.75 Å². The van der Waals surface area contributed by atoms with Gasteiger partial charge in [-0.15, -0.1) is 0 Å². The number of allylic oxidation sites excluding steroid dienone is 1. The molecule has 0 saturated heterocycles. The maximum absolute atomic E-state index is 12.2. The highest BCUT2D eigenvalue weighted by molar-refractivity contribution is 6.18. The van der Waals surface area contributed by atoms with Crippen molar-refractivity contribution in [1.82, 2.24) is 0 Å². The maximum atomic E-state index is 12.2. The van der Waals surface area contributed by atoms with Gasteiger partial charge >= 0.3 is 0 Å². The maximum Gasteiger partial charge on any atom is 0.190 e. The molecule has 0 aromatic heterocycles. The zero-order valence-electron chi connectivity index (χ0n) is 10.1. The van der Waals surface area contributed by atoms with E-state index in [0.717, 1.165) is 22.4 Å². The third kappa shape index (κ3) is 1.64. The summed E-state index contributed by atoms with van der Waals surface area (Å²) in [5, 5.41) is 0. The highest BCUT2D eigenvalue weighted by Crippen LogP contribution is 2.37. The molecule has 1 aromatic rings. The molecule has 0 amide bonds. The predicted molar refractivity (Wildman–Crippen MR) is 64.8 cm³/mol. The van der Waals surface area contributed by atoms with E-state index in [-0.39, 0.29) is 11.2 Å². The number of rotatable bonds is 1. The van der Waals surface area contributed by atoms with Crippen molar-refractivity contribution in [3.05, 3.63) is 34.9 Å². The molecule has 0 bridgehead atoms. The van der Waals surface area contributed by atoms with Gasteiger partial charge in [0, 0.05) is 11.1 Å². The van der Waals surface area contributed by atoms with Crippen LogP contribution in [0.1, 0.15) is 36.7 Å². The first-order chi connectivity index (χ1) is 7.43. The second-order valence-corrected chi connectivity index (χ2v) is 5.09. The average Bonchev–Trinajstić information content (AvgIpc) is 2.55. The fourth-order valence-electron chi connectivity index (χ4n) is 1.91. The summed E-state index contributed by atoms with van der Waals surface area (Å²) in [6, 6.07) is 5.63. The summed E-state index contributed by atoms with van der Waals surface area (Å²) in [6.07, 6.45) is 1.98. The molecule has 16 heavy (non-hydrogen) atoms. The summed E-state index contributed by atoms with van der Waals surface area (Å²) >= 11 is 0. The molecule has 0 aliphatic heterocycles. The van der Waals surface area contributed by atoms with Crippen LogP contribution in [-0.4, -0.2) is 12.9 Å². The number of methoxy groups -OCH3 is 1. The summed E-state index contributed by atoms with van der Waals surface area (Å²) in [6.45, 7) is 6.17. The minimum Gasteiger partial charge on any atom is -0.497 e. The van der Waals surface area contributed by atoms with Crippen molar-refractivity contribution in [2.45, 2.75) is 20.8 Å². The molecule has 0 atom stereocenters. The van der Waals surface area contributed by atoms with Crippen LogP contribution < -0.4 is 4.74 Å². The first kappa shape index (κ1) is 10.9. The topological polar surface area (TPSA) is 26.3 Å². The van der Waals surface area contributed by atoms with Gasteiger partial charge in [-0.25, -0.2) is 0 Å². The second kappa shape index (κ2) is 3.48. The summed E-state index contributed by atoms with van der Waals surface area (Å²) in [5.41, 5.74) is 2.51. The normalized spacial score (nSPS) is 14.8. The molecule has 1 aromatic carbocycles. The van der Waals surface area contributed by atoms with Gasteiger partial charge in [0.05, 0.1) is 7.11 Å². The third-order valence-electron chi connectivity index (χ3n) is 2.86. The Labute approximate surface area is 95.9 Å². The molecule has 1 aliphatic carbocycles. The van der Waals surface area contributed by atoms with E-state index in [1.165, 1.54) is 0 Å². The summed E-state index contributed by atoms with van der Waals surface area (Å²) in [4.78, 5) is 12.2. The molecule has 84 valence electrons. The van der Waals surface area contributed by atoms with E-state index in [1.54, 1.807) is 7.11 Å². The third-order valence-corrected chi connectivity index (χ3v) is 2.86. The van der Waals surface area contributed by atoms with Crippen molar-refractivity contribution >= 4 is 11.9 Å². The molecular formula is C14H16O2. The van der Waals surface area contributed by atoms with Gasteiger partial charge in [-0.3, -0.25) is 4.79 Å². The zero-order chi connectivity index (χ0) is 11.9. The highest BCUT2D eigenvalue weighted by atomic mass is 16.5. The largest absolute Gasteiger partial charge is 0.497 e. The quantitative estimate of drug-likeness (QED) is 0.719. The Hall–Kier alpha value is -1.57. The number of hydrogen-bond donors (Lipinski definition) is 0. The number of carbonyl (C=O) groups is 1. The number of ether oxygens (including phenoxy) is 1. The Kier molecular flexibility index (Phi) is 2.38. The van der Waals surface area contributed by atoms with Crippen LogP contribution in [-0.2, 0) is 0 Å². The Bertz CT molecular complexity index is 476. The molecule has 0 radical (unpaired) electrons. The molecule has 0 fully saturated rings. The fraction of sp³-hybridized carbons (Fsp3) is 0.357. The molecule has 0 heterocycles. The Morgan fingerprint density at radius 3 is 2.44 bits per heavy atom. The van der Waals surface area contributed by atoms with Crippen LogP contribution in [0.3, 0.4) is 0 Å². The summed E-state index contributed by atoms with van der Waals surface area (Å²) in [5.74, 6) is 0.858. The van der Waals surface area contributed by atoms with Crippen molar-refractivity contribution < 1.29 is 9.53 Å². The predicted octanol–water partition coefficient (Wildman–Crippen LogP) is 3.32. The summed E-state index contributed by atoms with van der Waals surface area (Å²) < 4.78 is 5.13. The van der Waals surface area contributed by atoms with Crippen LogP contribution in [0.2, 0.25) is 0 Å². The van der Waals surface area contributed by atoms with Crippen LogP contribution in [0, 0.1) is 5.41 Å². The zero-order valence-corrected chi connectivity index (χ0v) is 10.1. The lowest BCUT2D eigenvalue weighted by molar-refractivity contribution is 0.101. The number of benzene rings is 1. The van der Waals surface area contributed by atoms with Gasteiger partial charge in [0.1, 0.15) is 5.75 Å². The van der Waals surface area contributed by atoms with E-state index in [9.17, 15) is 4.79 Å². The SMILES string of the molecule is COc1ccc2c(c1)C(=O)C(C(C)(C)C)=C2. The molecule has 0 unspecified atom stereocenters. The second-order valence-electron chi connectivity index (χ2n) is 5.09. The Morgan fingerprint density at radius 1 is 1.19 bits per heavy atom. The van der Waals surface area contributed by atoms with E-state index in [4.69, 9.17) is 4.74 Å². The van der Waals surface area contributed by atoms with Crippen LogP contribution in [0.4, 0.5) is 0 Å². The van der Waals surface area contributed by atoms with Gasteiger partial charge in [0.25, 0.3) is 0 Å². The van der Waals surface area contributed by atoms with E-state index in [0.29, 0.717) is 0 Å². The van der Waals surface area contributed by atoms with E-state index in [2.05, 4.69) is 20.8 Å². The number of Topliss-reactive ketones (excluding diaryl/α,β-unsaturated/α-hetero) is 1. The monoisotopic (exact) mass is 216 g/mol. The number of fused-ring (bicyclic) bond motifs is 1. The lowest BCUT2D eigenvalue weighted by Gasteiger charge is -2.18. The number of hydrogen-bond acceptors (Lipinski definition) is 2. The molecular weight excluding hydrogens is 200 g/mol. The lowest BCUT2D eigenvalue weighted by Crippen LogP contribution is -2.14. The molecule has 0 saturated carbocycles. The van der Waals surface area contributed by atoms with Crippen molar-refractivity contribution in [1.29, 1.82) is 0 Å². The van der Waals surface area contributed by atoms with Crippen molar-refractivity contribution in [2.75, 3.05) is 7.11 Å². The Morgan fingerprint density at radius 2 is 1.88 bits per heavy atom. The van der Waals surface area contributed by atoms with Crippen LogP contribution in [0.5, 0.6) is 5.75 Å². The van der Waals surface area contributed by atoms with E-state index < -0.39 is 0 Å². The van der Waals surface area contributed by atoms with Crippen LogP contribution in [0.25, 0.3) is 6.08 Å². The first-order valence-electron chi connectivity index (χ1n) is 5.38. The molecule has 0 N–H and O–H groups in total. The first-order valence-corrected chi connectivity index (χ1v) is 5.38. The van der Waals surface area contributed by atoms with Gasteiger partial charge in [0.15, 0.2) is 5.78 Å². The minimum absolute atomic E-state index is 0.108. The van der Waals surface area contributed by atoms with Crippen molar-refractivity contribution in [2.24, 2.45) is 5.41 Å². The van der Waals surface area contributed by atoms with Gasteiger partial charge in [-0.1, -0.05) is 26.8 Å². The van der Waals surface area contributed by atoms with E-state index in [1.807, 2.05) is 24.3 Å². The standard InChI is InChI=1S/C14H16O2/c1-14(2,3)12-7-9-5-6-10(16-4)8-11(9)13(12)15/h5-8H,1-4H3. The fourth-order valence-corrected chi connectivity index (χ4v) is 1.91. The van der Waals surface area contributed by atoms with Gasteiger partial charge in [-0.05, 0) is 29.2 Å². The van der Waals surface area contributed by atoms with Gasteiger partial charge in [-0.2, -0.15) is 0 Å². The Balaban J connectivity index is 2.48. The van der Waals surface area contributed by atoms with Crippen LogP contribution in [0.15, 0.2) is 23.8 Å². The number of ketones is 1. The lowest BCUT2D eigenvalue weighted by atomic mass is 9.85. The summed E-state index contributed by atoms with van der Waals surface area (Å²) in [7, 11) is 1.61. The number of carbonyl (C=O) groups excluding carboxylic acids is 1. The molecule has 1 aliphatic rings. The average molecular weight is 216 g/mol. The minimum atomic E-state index is -0.108. The molecule has 2 nitrogen and oxygen atoms in total. The van der Waals surface area contributed by atoms with Gasteiger partial charge in [0.2, 0.25) is 0 Å². The van der Waals surface area contributed by atoms with Crippen LogP contribution >= 0.6 is 0 Å². The van der Waals surface area contributed by atoms with E-state index >= 15 is 0 Å². The van der Waals surface area contributed by atoms with Crippen molar-refractivity contribution in [3.63, 3.8) is 0 Å². The van der Waals surface area contributed by atoms with Gasteiger partial charge < -0.3 is 4.74 Å². The molecule has 2 rings (SSSR count). The smallest absolute Gasteiger partial charge is 0.190 e. The molecule has 2 heteroatoms. The molecule has 0 spiro atoms.